The van der Waals surface area contributed by atoms with Crippen molar-refractivity contribution >= 4 is 17.6 Å². The van der Waals surface area contributed by atoms with E-state index in [4.69, 9.17) is 14.2 Å². The third kappa shape index (κ3) is 3.28. The Hall–Kier alpha value is -3.03. The molecule has 3 rings (SSSR count). The molecule has 1 aliphatic heterocycles. The number of anilines is 1. The smallest absolute Gasteiger partial charge is 0.345 e. The molecule has 2 aromatic rings. The Morgan fingerprint density at radius 2 is 2.20 bits per heavy atom. The molecule has 8 nitrogen and oxygen atoms in total. The number of carbonyl (C=O) groups is 2. The summed E-state index contributed by atoms with van der Waals surface area (Å²) < 4.78 is 16.0. The van der Waals surface area contributed by atoms with E-state index in [0.29, 0.717) is 24.4 Å². The van der Waals surface area contributed by atoms with Crippen molar-refractivity contribution < 1.29 is 23.8 Å². The highest BCUT2D eigenvalue weighted by molar-refractivity contribution is 6.00. The summed E-state index contributed by atoms with van der Waals surface area (Å²) in [5, 5.41) is 6.40. The van der Waals surface area contributed by atoms with Crippen molar-refractivity contribution in [2.24, 2.45) is 0 Å². The highest BCUT2D eigenvalue weighted by Gasteiger charge is 2.36. The normalized spacial score (nSPS) is 16.8. The van der Waals surface area contributed by atoms with Crippen LogP contribution in [0.15, 0.2) is 30.5 Å². The number of hydrogen-bond donors (Lipinski definition) is 1. The molecule has 1 aliphatic rings. The quantitative estimate of drug-likeness (QED) is 0.802. The maximum atomic E-state index is 12.7. The van der Waals surface area contributed by atoms with Gasteiger partial charge in [-0.2, -0.15) is 5.10 Å². The first kappa shape index (κ1) is 16.8. The van der Waals surface area contributed by atoms with Crippen LogP contribution in [0, 0.1) is 0 Å². The molecule has 8 heteroatoms. The van der Waals surface area contributed by atoms with Crippen LogP contribution >= 0.6 is 0 Å². The molecule has 0 spiro atoms. The lowest BCUT2D eigenvalue weighted by Gasteiger charge is -2.19. The monoisotopic (exact) mass is 345 g/mol. The zero-order chi connectivity index (χ0) is 17.8. The highest BCUT2D eigenvalue weighted by atomic mass is 16.5. The van der Waals surface area contributed by atoms with Crippen LogP contribution < -0.4 is 14.4 Å². The SMILES string of the molecule is CCOC(=O)c1cn[nH]c1OC1CCN(c2ccccc2OC)C1=O. The predicted octanol–water partition coefficient (Wildman–Crippen LogP) is 1.78. The molecule has 1 amide bonds. The molecule has 1 fully saturated rings. The van der Waals surface area contributed by atoms with Crippen LogP contribution in [-0.4, -0.2) is 48.4 Å². The molecule has 1 saturated heterocycles. The minimum atomic E-state index is -0.710. The van der Waals surface area contributed by atoms with Crippen LogP contribution in [0.1, 0.15) is 23.7 Å². The van der Waals surface area contributed by atoms with Crippen LogP contribution in [0.2, 0.25) is 0 Å². The fraction of sp³-hybridized carbons (Fsp3) is 0.353. The largest absolute Gasteiger partial charge is 0.495 e. The highest BCUT2D eigenvalue weighted by Crippen LogP contribution is 2.32. The van der Waals surface area contributed by atoms with Crippen LogP contribution in [-0.2, 0) is 9.53 Å². The summed E-state index contributed by atoms with van der Waals surface area (Å²) in [5.74, 6) is 0.0103. The molecule has 132 valence electrons. The Kier molecular flexibility index (Phi) is 4.87. The lowest BCUT2D eigenvalue weighted by Crippen LogP contribution is -2.32. The third-order valence-electron chi connectivity index (χ3n) is 3.89. The zero-order valence-corrected chi connectivity index (χ0v) is 14.0. The van der Waals surface area contributed by atoms with Gasteiger partial charge >= 0.3 is 5.97 Å². The predicted molar refractivity (Wildman–Crippen MR) is 88.9 cm³/mol. The van der Waals surface area contributed by atoms with Crippen molar-refractivity contribution in [3.8, 4) is 11.6 Å². The van der Waals surface area contributed by atoms with Gasteiger partial charge in [-0.25, -0.2) is 9.89 Å². The molecule has 1 N–H and O–H groups in total. The second-order valence-electron chi connectivity index (χ2n) is 5.39. The Balaban J connectivity index is 1.75. The Labute approximate surface area is 144 Å². The molecule has 2 heterocycles. The summed E-state index contributed by atoms with van der Waals surface area (Å²) in [6.45, 7) is 2.45. The van der Waals surface area contributed by atoms with Gasteiger partial charge in [-0.15, -0.1) is 0 Å². The number of nitrogens with one attached hydrogen (secondary N) is 1. The van der Waals surface area contributed by atoms with Gasteiger partial charge in [0.05, 0.1) is 25.6 Å². The van der Waals surface area contributed by atoms with Crippen molar-refractivity contribution in [1.29, 1.82) is 0 Å². The van der Waals surface area contributed by atoms with Gasteiger partial charge in [0.1, 0.15) is 11.3 Å². The average Bonchev–Trinajstić information content (AvgIpc) is 3.23. The van der Waals surface area contributed by atoms with Gasteiger partial charge in [-0.05, 0) is 19.1 Å². The summed E-state index contributed by atoms with van der Waals surface area (Å²) >= 11 is 0. The van der Waals surface area contributed by atoms with E-state index in [9.17, 15) is 9.59 Å². The van der Waals surface area contributed by atoms with Crippen LogP contribution in [0.4, 0.5) is 5.69 Å². The van der Waals surface area contributed by atoms with Crippen LogP contribution in [0.3, 0.4) is 0 Å². The van der Waals surface area contributed by atoms with Gasteiger partial charge in [0.25, 0.3) is 5.91 Å². The molecule has 1 aromatic heterocycles. The van der Waals surface area contributed by atoms with E-state index < -0.39 is 12.1 Å². The number of aromatic nitrogens is 2. The van der Waals surface area contributed by atoms with Gasteiger partial charge in [-0.1, -0.05) is 12.1 Å². The molecular weight excluding hydrogens is 326 g/mol. The average molecular weight is 345 g/mol. The first-order chi connectivity index (χ1) is 12.2. The molecule has 0 bridgehead atoms. The first-order valence-electron chi connectivity index (χ1n) is 7.97. The topological polar surface area (TPSA) is 93.8 Å². The molecule has 0 saturated carbocycles. The van der Waals surface area contributed by atoms with Crippen molar-refractivity contribution in [1.82, 2.24) is 10.2 Å². The maximum absolute atomic E-state index is 12.7. The third-order valence-corrected chi connectivity index (χ3v) is 3.89. The zero-order valence-electron chi connectivity index (χ0n) is 14.0. The summed E-state index contributed by atoms with van der Waals surface area (Å²) in [5.41, 5.74) is 0.863. The lowest BCUT2D eigenvalue weighted by molar-refractivity contribution is -0.123. The van der Waals surface area contributed by atoms with E-state index in [2.05, 4.69) is 10.2 Å². The number of hydrogen-bond acceptors (Lipinski definition) is 6. The summed E-state index contributed by atoms with van der Waals surface area (Å²) in [6.07, 6.45) is 1.10. The maximum Gasteiger partial charge on any atom is 0.345 e. The molecule has 1 unspecified atom stereocenters. The number of benzene rings is 1. The van der Waals surface area contributed by atoms with E-state index in [1.807, 2.05) is 18.2 Å². The number of esters is 1. The number of nitrogens with zero attached hydrogens (tertiary/aromatic N) is 2. The number of aromatic amines is 1. The summed E-state index contributed by atoms with van der Waals surface area (Å²) in [6, 6.07) is 7.30. The lowest BCUT2D eigenvalue weighted by atomic mass is 10.2. The number of methoxy groups -OCH3 is 1. The Morgan fingerprint density at radius 1 is 1.40 bits per heavy atom. The molecule has 1 atom stereocenters. The van der Waals surface area contributed by atoms with E-state index in [-0.39, 0.29) is 24.0 Å². The van der Waals surface area contributed by atoms with Gasteiger partial charge < -0.3 is 19.1 Å². The summed E-state index contributed by atoms with van der Waals surface area (Å²) in [7, 11) is 1.56. The number of ether oxygens (including phenoxy) is 3. The van der Waals surface area contributed by atoms with Crippen molar-refractivity contribution in [3.63, 3.8) is 0 Å². The minimum Gasteiger partial charge on any atom is -0.495 e. The molecule has 25 heavy (non-hydrogen) atoms. The second-order valence-corrected chi connectivity index (χ2v) is 5.39. The number of H-pyrrole nitrogens is 1. The summed E-state index contributed by atoms with van der Waals surface area (Å²) in [4.78, 5) is 26.2. The van der Waals surface area contributed by atoms with Gasteiger partial charge in [0, 0.05) is 13.0 Å². The minimum absolute atomic E-state index is 0.138. The number of carbonyl (C=O) groups excluding carboxylic acids is 2. The van der Waals surface area contributed by atoms with Gasteiger partial charge in [-0.3, -0.25) is 4.79 Å². The van der Waals surface area contributed by atoms with E-state index in [0.717, 1.165) is 0 Å². The molecule has 0 aliphatic carbocycles. The number of para-hydroxylation sites is 2. The number of rotatable bonds is 6. The van der Waals surface area contributed by atoms with E-state index in [1.54, 1.807) is 25.0 Å². The number of amides is 1. The molecular formula is C17H19N3O5. The standard InChI is InChI=1S/C17H19N3O5/c1-3-24-17(22)11-10-18-19-15(11)25-14-8-9-20(16(14)21)12-6-4-5-7-13(12)23-2/h4-7,10,14H,3,8-9H2,1-2H3,(H,18,19). The van der Waals surface area contributed by atoms with Gasteiger partial charge in [0.15, 0.2) is 6.10 Å². The van der Waals surface area contributed by atoms with E-state index in [1.165, 1.54) is 6.20 Å². The second kappa shape index (κ2) is 7.25. The van der Waals surface area contributed by atoms with Crippen LogP contribution in [0.5, 0.6) is 11.6 Å². The Morgan fingerprint density at radius 3 is 2.96 bits per heavy atom. The first-order valence-corrected chi connectivity index (χ1v) is 7.97. The van der Waals surface area contributed by atoms with Crippen molar-refractivity contribution in [2.45, 2.75) is 19.4 Å². The van der Waals surface area contributed by atoms with Crippen molar-refractivity contribution in [2.75, 3.05) is 25.2 Å². The fourth-order valence-corrected chi connectivity index (χ4v) is 2.72. The van der Waals surface area contributed by atoms with Gasteiger partial charge in [0.2, 0.25) is 5.88 Å². The Bertz CT molecular complexity index is 773. The molecule has 1 aromatic carbocycles. The van der Waals surface area contributed by atoms with Crippen LogP contribution in [0.25, 0.3) is 0 Å². The fourth-order valence-electron chi connectivity index (χ4n) is 2.72. The van der Waals surface area contributed by atoms with Crippen molar-refractivity contribution in [3.05, 3.63) is 36.0 Å². The van der Waals surface area contributed by atoms with E-state index >= 15 is 0 Å². The molecule has 0 radical (unpaired) electrons.